The molecule has 0 amide bonds. The summed E-state index contributed by atoms with van der Waals surface area (Å²) in [5.41, 5.74) is 3.42. The number of hydrogen-bond acceptors (Lipinski definition) is 4. The molecule has 4 nitrogen and oxygen atoms in total. The molecule has 3 saturated heterocycles. The van der Waals surface area contributed by atoms with Crippen molar-refractivity contribution in [1.82, 2.24) is 14.9 Å². The molecule has 0 radical (unpaired) electrons. The molecule has 0 aliphatic carbocycles. The van der Waals surface area contributed by atoms with Crippen molar-refractivity contribution in [2.45, 2.75) is 31.7 Å². The summed E-state index contributed by atoms with van der Waals surface area (Å²) in [7, 11) is 0. The molecule has 4 aliphatic rings. The Balaban J connectivity index is 1.58. The van der Waals surface area contributed by atoms with E-state index in [9.17, 15) is 0 Å². The van der Waals surface area contributed by atoms with Gasteiger partial charge in [0.05, 0.1) is 22.8 Å². The number of nitrogens with zero attached hydrogens (tertiary/aromatic N) is 4. The Labute approximate surface area is 136 Å². The Morgan fingerprint density at radius 2 is 2.04 bits per heavy atom. The third-order valence-corrected chi connectivity index (χ3v) is 5.98. The minimum Gasteiger partial charge on any atom is -0.324 e. The molecule has 5 heterocycles. The van der Waals surface area contributed by atoms with Crippen molar-refractivity contribution in [3.63, 3.8) is 0 Å². The molecule has 4 heteroatoms. The van der Waals surface area contributed by atoms with E-state index in [0.29, 0.717) is 0 Å². The number of aryl methyl sites for hydroxylation is 1. The average Bonchev–Trinajstić information content (AvgIpc) is 2.98. The van der Waals surface area contributed by atoms with Gasteiger partial charge in [-0.1, -0.05) is 12.1 Å². The molecule has 0 N–H and O–H groups in total. The van der Waals surface area contributed by atoms with Crippen LogP contribution < -0.4 is 4.90 Å². The first-order chi connectivity index (χ1) is 11.2. The molecule has 1 atom stereocenters. The minimum atomic E-state index is 0.212. The quantitative estimate of drug-likeness (QED) is 0.810. The Morgan fingerprint density at radius 3 is 2.83 bits per heavy atom. The first-order valence-corrected chi connectivity index (χ1v) is 8.66. The smallest absolute Gasteiger partial charge is 0.152 e. The summed E-state index contributed by atoms with van der Waals surface area (Å²) < 4.78 is 0. The Bertz CT molecular complexity index is 791. The molecule has 1 spiro atoms. The summed E-state index contributed by atoms with van der Waals surface area (Å²) in [4.78, 5) is 14.6. The highest BCUT2D eigenvalue weighted by Gasteiger charge is 2.51. The topological polar surface area (TPSA) is 32.3 Å². The summed E-state index contributed by atoms with van der Waals surface area (Å²) in [5, 5.41) is 0. The summed E-state index contributed by atoms with van der Waals surface area (Å²) in [6, 6.07) is 6.31. The fourth-order valence-corrected chi connectivity index (χ4v) is 4.79. The van der Waals surface area contributed by atoms with Gasteiger partial charge in [-0.05, 0) is 62.9 Å². The number of aromatic nitrogens is 2. The van der Waals surface area contributed by atoms with Crippen LogP contribution in [0.25, 0.3) is 11.0 Å². The van der Waals surface area contributed by atoms with E-state index in [4.69, 9.17) is 4.98 Å². The highest BCUT2D eigenvalue weighted by Crippen LogP contribution is 2.46. The van der Waals surface area contributed by atoms with Gasteiger partial charge in [0.2, 0.25) is 0 Å². The summed E-state index contributed by atoms with van der Waals surface area (Å²) >= 11 is 0. The van der Waals surface area contributed by atoms with E-state index in [2.05, 4.69) is 52.2 Å². The van der Waals surface area contributed by atoms with Crippen LogP contribution in [0, 0.1) is 12.8 Å². The summed E-state index contributed by atoms with van der Waals surface area (Å²) in [5.74, 6) is 1.78. The molecule has 1 aromatic carbocycles. The second-order valence-electron chi connectivity index (χ2n) is 7.33. The number of hydrogen-bond donors (Lipinski definition) is 0. The van der Waals surface area contributed by atoms with Gasteiger partial charge < -0.3 is 9.80 Å². The average molecular weight is 306 g/mol. The molecular formula is C19H22N4. The van der Waals surface area contributed by atoms with Crippen molar-refractivity contribution in [2.24, 2.45) is 5.92 Å². The third kappa shape index (κ3) is 1.94. The first kappa shape index (κ1) is 13.5. The first-order valence-electron chi connectivity index (χ1n) is 8.66. The van der Waals surface area contributed by atoms with Crippen LogP contribution in [0.5, 0.6) is 0 Å². The molecule has 0 unspecified atom stereocenters. The number of anilines is 1. The second-order valence-corrected chi connectivity index (χ2v) is 7.33. The minimum absolute atomic E-state index is 0.212. The van der Waals surface area contributed by atoms with Crippen LogP contribution in [0.15, 0.2) is 36.7 Å². The fourth-order valence-electron chi connectivity index (χ4n) is 4.79. The van der Waals surface area contributed by atoms with Crippen molar-refractivity contribution in [3.8, 4) is 0 Å². The lowest BCUT2D eigenvalue weighted by molar-refractivity contribution is 0.0332. The predicted molar refractivity (Wildman–Crippen MR) is 92.4 cm³/mol. The van der Waals surface area contributed by atoms with E-state index in [0.717, 1.165) is 35.7 Å². The van der Waals surface area contributed by atoms with Gasteiger partial charge in [-0.15, -0.1) is 0 Å². The number of piperidine rings is 3. The van der Waals surface area contributed by atoms with Crippen LogP contribution in [0.3, 0.4) is 0 Å². The Hall–Kier alpha value is -1.94. The normalized spacial score (nSPS) is 32.3. The third-order valence-electron chi connectivity index (χ3n) is 5.98. The molecule has 2 aromatic rings. The van der Waals surface area contributed by atoms with Crippen molar-refractivity contribution in [2.75, 3.05) is 24.5 Å². The van der Waals surface area contributed by atoms with Crippen LogP contribution in [0.1, 0.15) is 24.8 Å². The highest BCUT2D eigenvalue weighted by molar-refractivity contribution is 5.76. The maximum atomic E-state index is 4.93. The Morgan fingerprint density at radius 1 is 1.17 bits per heavy atom. The van der Waals surface area contributed by atoms with Crippen molar-refractivity contribution >= 4 is 16.9 Å². The van der Waals surface area contributed by atoms with Crippen LogP contribution in [0.2, 0.25) is 0 Å². The van der Waals surface area contributed by atoms with Gasteiger partial charge >= 0.3 is 0 Å². The van der Waals surface area contributed by atoms with E-state index in [1.807, 2.05) is 6.20 Å². The SMILES string of the molecule is Cc1ccc2nc(N3C=CC[C@@]34CN3CCC4CC3)cnc2c1. The molecule has 4 aliphatic heterocycles. The predicted octanol–water partition coefficient (Wildman–Crippen LogP) is 3.13. The van der Waals surface area contributed by atoms with Crippen molar-refractivity contribution in [1.29, 1.82) is 0 Å². The van der Waals surface area contributed by atoms with E-state index >= 15 is 0 Å². The van der Waals surface area contributed by atoms with Crippen LogP contribution >= 0.6 is 0 Å². The van der Waals surface area contributed by atoms with Gasteiger partial charge in [0.15, 0.2) is 5.82 Å². The molecule has 6 rings (SSSR count). The van der Waals surface area contributed by atoms with E-state index < -0.39 is 0 Å². The Kier molecular flexibility index (Phi) is 2.80. The monoisotopic (exact) mass is 306 g/mol. The van der Waals surface area contributed by atoms with Gasteiger partial charge in [0.25, 0.3) is 0 Å². The van der Waals surface area contributed by atoms with E-state index in [1.54, 1.807) is 0 Å². The largest absolute Gasteiger partial charge is 0.324 e. The lowest BCUT2D eigenvalue weighted by Gasteiger charge is -2.55. The lowest BCUT2D eigenvalue weighted by Crippen LogP contribution is -2.64. The molecule has 0 saturated carbocycles. The van der Waals surface area contributed by atoms with Crippen LogP contribution in [0.4, 0.5) is 5.82 Å². The zero-order valence-electron chi connectivity index (χ0n) is 13.6. The fraction of sp³-hybridized carbons (Fsp3) is 0.474. The molecule has 3 fully saturated rings. The highest BCUT2D eigenvalue weighted by atomic mass is 15.3. The van der Waals surface area contributed by atoms with Crippen LogP contribution in [-0.4, -0.2) is 40.0 Å². The maximum absolute atomic E-state index is 4.93. The van der Waals surface area contributed by atoms with Crippen LogP contribution in [-0.2, 0) is 0 Å². The molecular weight excluding hydrogens is 284 g/mol. The number of rotatable bonds is 1. The van der Waals surface area contributed by atoms with Crippen molar-refractivity contribution < 1.29 is 0 Å². The van der Waals surface area contributed by atoms with Gasteiger partial charge in [-0.25, -0.2) is 4.98 Å². The van der Waals surface area contributed by atoms with Crippen molar-refractivity contribution in [3.05, 3.63) is 42.2 Å². The second kappa shape index (κ2) is 4.78. The summed E-state index contributed by atoms with van der Waals surface area (Å²) in [6.45, 7) is 5.80. The standard InChI is InChI=1S/C19H22N4/c1-14-3-4-16-17(11-14)20-12-18(21-16)23-8-2-7-19(23)13-22-9-5-15(19)6-10-22/h2-4,8,11-12,15H,5-7,9-10,13H2,1H3/t19-/m0/s1. The van der Waals surface area contributed by atoms with E-state index in [-0.39, 0.29) is 5.54 Å². The van der Waals surface area contributed by atoms with E-state index in [1.165, 1.54) is 31.5 Å². The number of benzene rings is 1. The van der Waals surface area contributed by atoms with Gasteiger partial charge in [0.1, 0.15) is 0 Å². The summed E-state index contributed by atoms with van der Waals surface area (Å²) in [6.07, 6.45) is 10.3. The molecule has 1 aromatic heterocycles. The molecule has 118 valence electrons. The molecule has 23 heavy (non-hydrogen) atoms. The molecule has 2 bridgehead atoms. The lowest BCUT2D eigenvalue weighted by atomic mass is 9.71. The zero-order chi connectivity index (χ0) is 15.4. The maximum Gasteiger partial charge on any atom is 0.152 e. The van der Waals surface area contributed by atoms with Gasteiger partial charge in [0, 0.05) is 12.7 Å². The zero-order valence-corrected chi connectivity index (χ0v) is 13.6. The van der Waals surface area contributed by atoms with Gasteiger partial charge in [-0.3, -0.25) is 4.98 Å². The number of fused-ring (bicyclic) bond motifs is 3. The van der Waals surface area contributed by atoms with Gasteiger partial charge in [-0.2, -0.15) is 0 Å².